The lowest BCUT2D eigenvalue weighted by Crippen LogP contribution is -2.17. The normalized spacial score (nSPS) is 10.1. The summed E-state index contributed by atoms with van der Waals surface area (Å²) in [5.74, 6) is 0.448. The molecule has 2 N–H and O–H groups in total. The van der Waals surface area contributed by atoms with Gasteiger partial charge >= 0.3 is 5.97 Å². The molecule has 0 atom stereocenters. The van der Waals surface area contributed by atoms with Crippen LogP contribution in [0, 0.1) is 12.3 Å². The number of aromatic nitrogens is 3. The first-order valence-corrected chi connectivity index (χ1v) is 7.96. The van der Waals surface area contributed by atoms with Crippen molar-refractivity contribution in [3.8, 4) is 23.6 Å². The fourth-order valence-electron chi connectivity index (χ4n) is 2.28. The van der Waals surface area contributed by atoms with Crippen LogP contribution in [0.25, 0.3) is 11.3 Å². The molecular formula is C19H11ClN4O3. The van der Waals surface area contributed by atoms with Gasteiger partial charge in [0.05, 0.1) is 22.0 Å². The van der Waals surface area contributed by atoms with Gasteiger partial charge in [-0.1, -0.05) is 17.5 Å². The van der Waals surface area contributed by atoms with Crippen molar-refractivity contribution in [1.29, 1.82) is 0 Å². The Labute approximate surface area is 159 Å². The Hall–Kier alpha value is -3.76. The molecule has 8 heteroatoms. The third-order valence-corrected chi connectivity index (χ3v) is 3.93. The standard InChI is InChI=1S/C19H11ClN4O3/c1-2-11-9-17(13(19(26)27)10-14(11)20)22-18(25)16-4-3-15(23-24-16)12-5-7-21-8-6-12/h1,3-10H,(H,22,25)(H,26,27). The van der Waals surface area contributed by atoms with Gasteiger partial charge in [-0.3, -0.25) is 9.78 Å². The number of aromatic carboxylic acids is 1. The van der Waals surface area contributed by atoms with E-state index >= 15 is 0 Å². The average molecular weight is 379 g/mol. The molecule has 0 spiro atoms. The number of nitrogens with one attached hydrogen (secondary N) is 1. The number of pyridine rings is 1. The SMILES string of the molecule is C#Cc1cc(NC(=O)c2ccc(-c3ccncc3)nn2)c(C(=O)O)cc1Cl. The van der Waals surface area contributed by atoms with Gasteiger partial charge in [0.2, 0.25) is 0 Å². The predicted molar refractivity (Wildman–Crippen MR) is 99.6 cm³/mol. The number of hydrogen-bond acceptors (Lipinski definition) is 5. The van der Waals surface area contributed by atoms with E-state index < -0.39 is 11.9 Å². The first kappa shape index (κ1) is 18.0. The fourth-order valence-corrected chi connectivity index (χ4v) is 2.50. The fraction of sp³-hybridized carbons (Fsp3) is 0. The van der Waals surface area contributed by atoms with E-state index in [4.69, 9.17) is 18.0 Å². The Morgan fingerprint density at radius 2 is 1.85 bits per heavy atom. The van der Waals surface area contributed by atoms with Gasteiger partial charge in [0.1, 0.15) is 0 Å². The molecular weight excluding hydrogens is 368 g/mol. The Balaban J connectivity index is 1.88. The molecule has 3 aromatic rings. The van der Waals surface area contributed by atoms with Crippen LogP contribution in [-0.4, -0.2) is 32.2 Å². The van der Waals surface area contributed by atoms with Crippen molar-refractivity contribution in [3.05, 3.63) is 70.6 Å². The van der Waals surface area contributed by atoms with E-state index in [0.29, 0.717) is 5.69 Å². The van der Waals surface area contributed by atoms with Crippen LogP contribution in [0.15, 0.2) is 48.8 Å². The molecule has 0 bridgehead atoms. The molecule has 7 nitrogen and oxygen atoms in total. The number of carbonyl (C=O) groups is 2. The van der Waals surface area contributed by atoms with E-state index in [-0.39, 0.29) is 27.5 Å². The van der Waals surface area contributed by atoms with E-state index in [1.165, 1.54) is 18.2 Å². The van der Waals surface area contributed by atoms with Gasteiger partial charge in [-0.05, 0) is 36.4 Å². The van der Waals surface area contributed by atoms with E-state index in [2.05, 4.69) is 26.4 Å². The minimum absolute atomic E-state index is 0.0151. The zero-order valence-corrected chi connectivity index (χ0v) is 14.4. The second-order valence-electron chi connectivity index (χ2n) is 5.32. The third-order valence-electron chi connectivity index (χ3n) is 3.61. The number of benzene rings is 1. The quantitative estimate of drug-likeness (QED) is 0.676. The number of terminal acetylenes is 1. The number of carboxylic acid groups (broad SMARTS) is 1. The van der Waals surface area contributed by atoms with Crippen molar-refractivity contribution < 1.29 is 14.7 Å². The zero-order chi connectivity index (χ0) is 19.4. The number of halogens is 1. The van der Waals surface area contributed by atoms with Gasteiger partial charge in [0.15, 0.2) is 5.69 Å². The lowest BCUT2D eigenvalue weighted by Gasteiger charge is -2.10. The van der Waals surface area contributed by atoms with Crippen LogP contribution in [0.4, 0.5) is 5.69 Å². The number of amides is 1. The first-order chi connectivity index (χ1) is 13.0. The lowest BCUT2D eigenvalue weighted by atomic mass is 10.1. The largest absolute Gasteiger partial charge is 0.478 e. The molecule has 132 valence electrons. The summed E-state index contributed by atoms with van der Waals surface area (Å²) < 4.78 is 0. The molecule has 0 saturated heterocycles. The number of carboxylic acids is 1. The van der Waals surface area contributed by atoms with Crippen LogP contribution in [0.3, 0.4) is 0 Å². The van der Waals surface area contributed by atoms with Crippen LogP contribution in [0.1, 0.15) is 26.4 Å². The molecule has 27 heavy (non-hydrogen) atoms. The van der Waals surface area contributed by atoms with Gasteiger partial charge in [-0.2, -0.15) is 0 Å². The maximum absolute atomic E-state index is 12.4. The maximum atomic E-state index is 12.4. The molecule has 1 aromatic carbocycles. The van der Waals surface area contributed by atoms with Crippen LogP contribution in [0.2, 0.25) is 5.02 Å². The summed E-state index contributed by atoms with van der Waals surface area (Å²) in [5, 5.41) is 19.8. The maximum Gasteiger partial charge on any atom is 0.337 e. The number of hydrogen-bond donors (Lipinski definition) is 2. The molecule has 0 aliphatic rings. The second kappa shape index (κ2) is 7.64. The second-order valence-corrected chi connectivity index (χ2v) is 5.73. The van der Waals surface area contributed by atoms with Crippen LogP contribution in [0.5, 0.6) is 0 Å². The first-order valence-electron chi connectivity index (χ1n) is 7.58. The Morgan fingerprint density at radius 1 is 1.11 bits per heavy atom. The molecule has 0 saturated carbocycles. The minimum Gasteiger partial charge on any atom is -0.478 e. The lowest BCUT2D eigenvalue weighted by molar-refractivity contribution is 0.0698. The van der Waals surface area contributed by atoms with Gasteiger partial charge in [-0.15, -0.1) is 16.6 Å². The summed E-state index contributed by atoms with van der Waals surface area (Å²) >= 11 is 5.93. The van der Waals surface area contributed by atoms with Crippen LogP contribution in [-0.2, 0) is 0 Å². The highest BCUT2D eigenvalue weighted by molar-refractivity contribution is 6.32. The molecule has 0 unspecified atom stereocenters. The van der Waals surface area contributed by atoms with E-state index in [0.717, 1.165) is 5.56 Å². The monoisotopic (exact) mass is 378 g/mol. The summed E-state index contributed by atoms with van der Waals surface area (Å²) in [4.78, 5) is 27.7. The molecule has 1 amide bonds. The average Bonchev–Trinajstić information content (AvgIpc) is 2.69. The summed E-state index contributed by atoms with van der Waals surface area (Å²) in [7, 11) is 0. The van der Waals surface area contributed by atoms with E-state index in [1.54, 1.807) is 30.6 Å². The molecule has 0 fully saturated rings. The summed E-state index contributed by atoms with van der Waals surface area (Å²) in [6, 6.07) is 9.14. The molecule has 2 heterocycles. The minimum atomic E-state index is -1.25. The van der Waals surface area contributed by atoms with Gasteiger partial charge in [-0.25, -0.2) is 4.79 Å². The summed E-state index contributed by atoms with van der Waals surface area (Å²) in [5.41, 5.74) is 1.48. The van der Waals surface area contributed by atoms with Crippen molar-refractivity contribution in [1.82, 2.24) is 15.2 Å². The smallest absolute Gasteiger partial charge is 0.337 e. The van der Waals surface area contributed by atoms with Crippen LogP contribution >= 0.6 is 11.6 Å². The third kappa shape index (κ3) is 3.92. The van der Waals surface area contributed by atoms with Gasteiger partial charge in [0.25, 0.3) is 5.91 Å². The number of anilines is 1. The highest BCUT2D eigenvalue weighted by atomic mass is 35.5. The predicted octanol–water partition coefficient (Wildman–Crippen LogP) is 3.12. The molecule has 3 rings (SSSR count). The highest BCUT2D eigenvalue weighted by Gasteiger charge is 2.17. The van der Waals surface area contributed by atoms with Crippen molar-refractivity contribution in [3.63, 3.8) is 0 Å². The summed E-state index contributed by atoms with van der Waals surface area (Å²) in [6.07, 6.45) is 8.58. The Morgan fingerprint density at radius 3 is 2.44 bits per heavy atom. The molecule has 2 aromatic heterocycles. The van der Waals surface area contributed by atoms with E-state index in [9.17, 15) is 14.7 Å². The highest BCUT2D eigenvalue weighted by Crippen LogP contribution is 2.25. The van der Waals surface area contributed by atoms with Crippen molar-refractivity contribution in [2.75, 3.05) is 5.32 Å². The van der Waals surface area contributed by atoms with Gasteiger partial charge in [0, 0.05) is 23.5 Å². The number of rotatable bonds is 4. The van der Waals surface area contributed by atoms with E-state index in [1.807, 2.05) is 0 Å². The van der Waals surface area contributed by atoms with Crippen molar-refractivity contribution in [2.24, 2.45) is 0 Å². The Kier molecular flexibility index (Phi) is 5.11. The number of nitrogens with zero attached hydrogens (tertiary/aromatic N) is 3. The zero-order valence-electron chi connectivity index (χ0n) is 13.7. The molecule has 0 aliphatic carbocycles. The van der Waals surface area contributed by atoms with Gasteiger partial charge < -0.3 is 10.4 Å². The summed E-state index contributed by atoms with van der Waals surface area (Å²) in [6.45, 7) is 0. The van der Waals surface area contributed by atoms with Crippen molar-refractivity contribution >= 4 is 29.2 Å². The van der Waals surface area contributed by atoms with Crippen LogP contribution < -0.4 is 5.32 Å². The Bertz CT molecular complexity index is 1060. The molecule has 0 aliphatic heterocycles. The number of carbonyl (C=O) groups excluding carboxylic acids is 1. The molecule has 0 radical (unpaired) electrons. The topological polar surface area (TPSA) is 105 Å². The van der Waals surface area contributed by atoms with Crippen molar-refractivity contribution in [2.45, 2.75) is 0 Å².